The quantitative estimate of drug-likeness (QED) is 0.880. The van der Waals surface area contributed by atoms with Crippen LogP contribution in [0.2, 0.25) is 5.02 Å². The van der Waals surface area contributed by atoms with E-state index in [0.29, 0.717) is 18.0 Å². The molecule has 2 unspecified atom stereocenters. The van der Waals surface area contributed by atoms with Crippen LogP contribution in [0.15, 0.2) is 54.6 Å². The molecule has 1 fully saturated rings. The Morgan fingerprint density at radius 3 is 2.42 bits per heavy atom. The van der Waals surface area contributed by atoms with Crippen LogP contribution in [0.25, 0.3) is 0 Å². The monoisotopic (exact) mass is 273 g/mol. The van der Waals surface area contributed by atoms with Crippen LogP contribution < -0.4 is 5.32 Å². The van der Waals surface area contributed by atoms with Crippen molar-refractivity contribution in [3.05, 3.63) is 70.7 Å². The summed E-state index contributed by atoms with van der Waals surface area (Å²) in [4.78, 5) is 0. The molecule has 0 amide bonds. The zero-order valence-electron chi connectivity index (χ0n) is 10.5. The minimum atomic E-state index is -0.814. The van der Waals surface area contributed by atoms with Crippen molar-refractivity contribution in [1.29, 1.82) is 0 Å². The number of hydrogen-bond donors (Lipinski definition) is 2. The second kappa shape index (κ2) is 4.97. The van der Waals surface area contributed by atoms with Crippen molar-refractivity contribution in [2.24, 2.45) is 0 Å². The third-order valence-electron chi connectivity index (χ3n) is 3.77. The van der Waals surface area contributed by atoms with E-state index in [9.17, 15) is 5.11 Å². The molecule has 0 radical (unpaired) electrons. The highest BCUT2D eigenvalue weighted by Gasteiger charge is 2.38. The van der Waals surface area contributed by atoms with Crippen LogP contribution in [-0.2, 0) is 5.60 Å². The van der Waals surface area contributed by atoms with E-state index < -0.39 is 5.60 Å². The molecule has 0 spiro atoms. The Kier molecular flexibility index (Phi) is 3.31. The third-order valence-corrected chi connectivity index (χ3v) is 4.02. The molecule has 1 saturated heterocycles. The van der Waals surface area contributed by atoms with Crippen LogP contribution in [0.3, 0.4) is 0 Å². The van der Waals surface area contributed by atoms with Gasteiger partial charge in [0.05, 0.1) is 0 Å². The van der Waals surface area contributed by atoms with Gasteiger partial charge in [-0.1, -0.05) is 54.1 Å². The van der Waals surface area contributed by atoms with Gasteiger partial charge in [0.15, 0.2) is 0 Å². The van der Waals surface area contributed by atoms with Crippen molar-refractivity contribution in [3.8, 4) is 0 Å². The summed E-state index contributed by atoms with van der Waals surface area (Å²) in [6.07, 6.45) is 0.679. The highest BCUT2D eigenvalue weighted by atomic mass is 35.5. The van der Waals surface area contributed by atoms with Gasteiger partial charge in [-0.2, -0.15) is 0 Å². The van der Waals surface area contributed by atoms with Gasteiger partial charge in [-0.25, -0.2) is 0 Å². The number of benzene rings is 2. The molecule has 3 rings (SSSR count). The molecule has 3 heteroatoms. The van der Waals surface area contributed by atoms with Crippen LogP contribution in [-0.4, -0.2) is 11.7 Å². The molecule has 2 N–H and O–H groups in total. The average molecular weight is 274 g/mol. The Hall–Kier alpha value is -1.35. The molecule has 2 atom stereocenters. The third kappa shape index (κ3) is 2.52. The van der Waals surface area contributed by atoms with E-state index in [1.54, 1.807) is 0 Å². The number of halogens is 1. The van der Waals surface area contributed by atoms with Gasteiger partial charge in [0.1, 0.15) is 5.60 Å². The lowest BCUT2D eigenvalue weighted by Crippen LogP contribution is -2.28. The fraction of sp³-hybridized carbons (Fsp3) is 0.250. The Balaban J connectivity index is 1.83. The number of aliphatic hydroxyl groups is 1. The zero-order chi connectivity index (χ0) is 13.3. The smallest absolute Gasteiger partial charge is 0.104 e. The van der Waals surface area contributed by atoms with Crippen LogP contribution in [0.5, 0.6) is 0 Å². The molecule has 1 heterocycles. The van der Waals surface area contributed by atoms with Crippen molar-refractivity contribution in [3.63, 3.8) is 0 Å². The molecule has 98 valence electrons. The van der Waals surface area contributed by atoms with Crippen molar-refractivity contribution >= 4 is 11.6 Å². The summed E-state index contributed by atoms with van der Waals surface area (Å²) < 4.78 is 0. The Morgan fingerprint density at radius 1 is 1.05 bits per heavy atom. The van der Waals surface area contributed by atoms with Crippen molar-refractivity contribution in [2.75, 3.05) is 6.54 Å². The fourth-order valence-corrected chi connectivity index (χ4v) is 2.80. The van der Waals surface area contributed by atoms with Gasteiger partial charge >= 0.3 is 0 Å². The van der Waals surface area contributed by atoms with Crippen molar-refractivity contribution in [2.45, 2.75) is 18.1 Å². The van der Waals surface area contributed by atoms with Gasteiger partial charge in [-0.05, 0) is 23.3 Å². The summed E-state index contributed by atoms with van der Waals surface area (Å²) in [5.41, 5.74) is 1.32. The van der Waals surface area contributed by atoms with E-state index in [2.05, 4.69) is 17.4 Å². The van der Waals surface area contributed by atoms with Gasteiger partial charge in [0.25, 0.3) is 0 Å². The van der Waals surface area contributed by atoms with Gasteiger partial charge in [-0.15, -0.1) is 0 Å². The van der Waals surface area contributed by atoms with Gasteiger partial charge in [0.2, 0.25) is 0 Å². The number of β-amino-alcohol motifs (C(OH)–C–C–N with tert-alkyl or cyclic N) is 1. The number of hydrogen-bond acceptors (Lipinski definition) is 2. The first kappa shape index (κ1) is 12.7. The molecule has 0 aliphatic carbocycles. The molecule has 2 nitrogen and oxygen atoms in total. The van der Waals surface area contributed by atoms with Gasteiger partial charge in [-0.3, -0.25) is 0 Å². The predicted octanol–water partition coefficient (Wildman–Crippen LogP) is 3.26. The number of nitrogens with one attached hydrogen (secondary N) is 1. The minimum Gasteiger partial charge on any atom is -0.384 e. The minimum absolute atomic E-state index is 0.196. The van der Waals surface area contributed by atoms with Crippen molar-refractivity contribution in [1.82, 2.24) is 5.32 Å². The maximum atomic E-state index is 10.8. The van der Waals surface area contributed by atoms with Crippen LogP contribution in [0.4, 0.5) is 0 Å². The Labute approximate surface area is 118 Å². The molecular formula is C16H16ClNO. The predicted molar refractivity (Wildman–Crippen MR) is 77.2 cm³/mol. The summed E-state index contributed by atoms with van der Waals surface area (Å²) in [7, 11) is 0. The Bertz CT molecular complexity index is 555. The summed E-state index contributed by atoms with van der Waals surface area (Å²) in [5.74, 6) is 0. The fourth-order valence-electron chi connectivity index (χ4n) is 2.68. The average Bonchev–Trinajstić information content (AvgIpc) is 2.84. The topological polar surface area (TPSA) is 32.3 Å². The van der Waals surface area contributed by atoms with Crippen LogP contribution in [0.1, 0.15) is 23.6 Å². The lowest BCUT2D eigenvalue weighted by Gasteiger charge is -2.22. The van der Waals surface area contributed by atoms with E-state index in [1.807, 2.05) is 42.5 Å². The zero-order valence-corrected chi connectivity index (χ0v) is 11.3. The molecule has 1 aliphatic rings. The molecule has 2 aromatic rings. The standard InChI is InChI=1S/C16H16ClNO/c17-14-8-6-13(7-9-14)16(19)10-15(18-11-16)12-4-2-1-3-5-12/h1-9,15,18-19H,10-11H2. The first-order valence-corrected chi connectivity index (χ1v) is 6.82. The summed E-state index contributed by atoms with van der Waals surface area (Å²) in [6, 6.07) is 17.9. The second-order valence-corrected chi connectivity index (χ2v) is 5.52. The summed E-state index contributed by atoms with van der Waals surface area (Å²) in [6.45, 7) is 0.564. The Morgan fingerprint density at radius 2 is 1.74 bits per heavy atom. The molecule has 0 aromatic heterocycles. The van der Waals surface area contributed by atoms with E-state index in [4.69, 9.17) is 11.6 Å². The van der Waals surface area contributed by atoms with Crippen molar-refractivity contribution < 1.29 is 5.11 Å². The maximum Gasteiger partial charge on any atom is 0.104 e. The largest absolute Gasteiger partial charge is 0.384 e. The van der Waals surface area contributed by atoms with Gasteiger partial charge < -0.3 is 10.4 Å². The molecule has 0 saturated carbocycles. The first-order chi connectivity index (χ1) is 9.17. The lowest BCUT2D eigenvalue weighted by molar-refractivity contribution is 0.0559. The van der Waals surface area contributed by atoms with E-state index in [1.165, 1.54) is 5.56 Å². The molecular weight excluding hydrogens is 258 g/mol. The number of rotatable bonds is 2. The van der Waals surface area contributed by atoms with Gasteiger partial charge in [0, 0.05) is 24.0 Å². The normalized spacial score (nSPS) is 26.5. The molecule has 19 heavy (non-hydrogen) atoms. The molecule has 1 aliphatic heterocycles. The van der Waals surface area contributed by atoms with E-state index in [0.717, 1.165) is 5.56 Å². The summed E-state index contributed by atoms with van der Waals surface area (Å²) in [5, 5.41) is 14.9. The first-order valence-electron chi connectivity index (χ1n) is 6.44. The summed E-state index contributed by atoms with van der Waals surface area (Å²) >= 11 is 5.89. The highest BCUT2D eigenvalue weighted by Crippen LogP contribution is 2.37. The SMILES string of the molecule is OC1(c2ccc(Cl)cc2)CNC(c2ccccc2)C1. The highest BCUT2D eigenvalue weighted by molar-refractivity contribution is 6.30. The lowest BCUT2D eigenvalue weighted by atomic mass is 9.89. The van der Waals surface area contributed by atoms with Crippen LogP contribution in [0, 0.1) is 0 Å². The molecule has 0 bridgehead atoms. The van der Waals surface area contributed by atoms with Crippen LogP contribution >= 0.6 is 11.6 Å². The van der Waals surface area contributed by atoms with E-state index >= 15 is 0 Å². The van der Waals surface area contributed by atoms with E-state index in [-0.39, 0.29) is 6.04 Å². The maximum absolute atomic E-state index is 10.8. The molecule has 2 aromatic carbocycles. The second-order valence-electron chi connectivity index (χ2n) is 5.09.